The van der Waals surface area contributed by atoms with Crippen LogP contribution in [0, 0.1) is 13.8 Å². The average molecular weight is 353 g/mol. The number of hydrogen-bond acceptors (Lipinski definition) is 3. The molecule has 1 atom stereocenters. The van der Waals surface area contributed by atoms with E-state index in [-0.39, 0.29) is 16.7 Å². The molecule has 2 aromatic rings. The van der Waals surface area contributed by atoms with E-state index in [4.69, 9.17) is 27.9 Å². The number of aromatic hydroxyl groups is 1. The van der Waals surface area contributed by atoms with Gasteiger partial charge in [0.05, 0.1) is 12.5 Å². The van der Waals surface area contributed by atoms with Crippen LogP contribution in [0.4, 0.5) is 0 Å². The minimum Gasteiger partial charge on any atom is -0.507 e. The average Bonchev–Trinajstić information content (AvgIpc) is 2.51. The fourth-order valence-electron chi connectivity index (χ4n) is 2.65. The summed E-state index contributed by atoms with van der Waals surface area (Å²) >= 11 is 12.4. The highest BCUT2D eigenvalue weighted by Gasteiger charge is 2.21. The first kappa shape index (κ1) is 17.6. The van der Waals surface area contributed by atoms with Gasteiger partial charge < -0.3 is 9.84 Å². The van der Waals surface area contributed by atoms with Crippen molar-refractivity contribution in [3.8, 4) is 5.75 Å². The Labute approximate surface area is 145 Å². The number of carbonyl (C=O) groups is 1. The van der Waals surface area contributed by atoms with Crippen LogP contribution in [0.25, 0.3) is 0 Å². The van der Waals surface area contributed by atoms with Gasteiger partial charge in [0.15, 0.2) is 0 Å². The Morgan fingerprint density at radius 3 is 2.43 bits per heavy atom. The molecular formula is C18H18Cl2O3. The number of benzene rings is 2. The zero-order valence-electron chi connectivity index (χ0n) is 13.2. The monoisotopic (exact) mass is 352 g/mol. The molecule has 2 rings (SSSR count). The molecule has 0 fully saturated rings. The van der Waals surface area contributed by atoms with Gasteiger partial charge >= 0.3 is 5.97 Å². The van der Waals surface area contributed by atoms with Crippen molar-refractivity contribution in [3.05, 3.63) is 63.2 Å². The molecule has 2 aromatic carbocycles. The van der Waals surface area contributed by atoms with Crippen molar-refractivity contribution in [1.29, 1.82) is 0 Å². The van der Waals surface area contributed by atoms with Gasteiger partial charge in [0.2, 0.25) is 0 Å². The molecule has 0 amide bonds. The van der Waals surface area contributed by atoms with Gasteiger partial charge in [-0.3, -0.25) is 0 Å². The van der Waals surface area contributed by atoms with Crippen LogP contribution in [0.2, 0.25) is 5.02 Å². The first-order valence-corrected chi connectivity index (χ1v) is 7.96. The number of esters is 1. The lowest BCUT2D eigenvalue weighted by Gasteiger charge is -2.18. The summed E-state index contributed by atoms with van der Waals surface area (Å²) in [5, 5.41) is 10.4. The molecule has 0 heterocycles. The molecule has 122 valence electrons. The van der Waals surface area contributed by atoms with Gasteiger partial charge in [0.1, 0.15) is 11.3 Å². The minimum absolute atomic E-state index is 0.0757. The van der Waals surface area contributed by atoms with Gasteiger partial charge in [-0.25, -0.2) is 4.79 Å². The zero-order valence-corrected chi connectivity index (χ0v) is 14.7. The number of ether oxygens (including phenoxy) is 1. The summed E-state index contributed by atoms with van der Waals surface area (Å²) in [5.41, 5.74) is 3.63. The van der Waals surface area contributed by atoms with E-state index >= 15 is 0 Å². The van der Waals surface area contributed by atoms with Gasteiger partial charge in [0.25, 0.3) is 0 Å². The third-order valence-corrected chi connectivity index (χ3v) is 4.58. The Bertz CT molecular complexity index is 724. The molecule has 0 radical (unpaired) electrons. The van der Waals surface area contributed by atoms with E-state index < -0.39 is 5.97 Å². The molecule has 1 N–H and O–H groups in total. The predicted octanol–water partition coefficient (Wildman–Crippen LogP) is 4.97. The number of halogens is 2. The van der Waals surface area contributed by atoms with Crippen molar-refractivity contribution in [3.63, 3.8) is 0 Å². The van der Waals surface area contributed by atoms with Crippen LogP contribution < -0.4 is 0 Å². The van der Waals surface area contributed by atoms with Crippen molar-refractivity contribution < 1.29 is 14.6 Å². The smallest absolute Gasteiger partial charge is 0.341 e. The van der Waals surface area contributed by atoms with Gasteiger partial charge in [-0.05, 0) is 60.7 Å². The number of phenols is 1. The lowest BCUT2D eigenvalue weighted by molar-refractivity contribution is 0.0596. The number of phenolic OH excluding ortho intramolecular Hbond substituents is 1. The minimum atomic E-state index is -0.557. The number of methoxy groups -OCH3 is 1. The van der Waals surface area contributed by atoms with Crippen molar-refractivity contribution in [2.75, 3.05) is 7.11 Å². The van der Waals surface area contributed by atoms with E-state index in [1.807, 2.05) is 19.1 Å². The van der Waals surface area contributed by atoms with Crippen LogP contribution in [-0.2, 0) is 11.2 Å². The molecule has 0 aliphatic carbocycles. The molecule has 23 heavy (non-hydrogen) atoms. The summed E-state index contributed by atoms with van der Waals surface area (Å²) < 4.78 is 4.75. The maximum atomic E-state index is 11.9. The number of carbonyl (C=O) groups excluding carboxylic acids is 1. The summed E-state index contributed by atoms with van der Waals surface area (Å²) in [7, 11) is 1.29. The highest BCUT2D eigenvalue weighted by Crippen LogP contribution is 2.33. The highest BCUT2D eigenvalue weighted by atomic mass is 35.5. The quantitative estimate of drug-likeness (QED) is 0.623. The SMILES string of the molecule is COC(=O)c1c(O)cc(C)c(CC(Cl)c2ccc(Cl)cc2)c1C. The normalized spacial score (nSPS) is 12.0. The van der Waals surface area contributed by atoms with E-state index in [1.165, 1.54) is 7.11 Å². The molecule has 0 saturated heterocycles. The van der Waals surface area contributed by atoms with E-state index in [2.05, 4.69) is 0 Å². The van der Waals surface area contributed by atoms with Crippen molar-refractivity contribution >= 4 is 29.2 Å². The Kier molecular flexibility index (Phi) is 5.55. The second kappa shape index (κ2) is 7.24. The largest absolute Gasteiger partial charge is 0.507 e. The fourth-order valence-corrected chi connectivity index (χ4v) is 3.07. The third kappa shape index (κ3) is 3.80. The van der Waals surface area contributed by atoms with Crippen molar-refractivity contribution in [2.45, 2.75) is 25.6 Å². The van der Waals surface area contributed by atoms with Gasteiger partial charge in [0, 0.05) is 5.02 Å². The number of alkyl halides is 1. The summed E-state index contributed by atoms with van der Waals surface area (Å²) in [6.07, 6.45) is 0.533. The van der Waals surface area contributed by atoms with E-state index in [1.54, 1.807) is 25.1 Å². The molecule has 0 spiro atoms. The van der Waals surface area contributed by atoms with Crippen molar-refractivity contribution in [2.24, 2.45) is 0 Å². The third-order valence-electron chi connectivity index (χ3n) is 3.92. The summed E-state index contributed by atoms with van der Waals surface area (Å²) in [6.45, 7) is 3.67. The molecular weight excluding hydrogens is 335 g/mol. The molecule has 5 heteroatoms. The van der Waals surface area contributed by atoms with Gasteiger partial charge in [-0.15, -0.1) is 11.6 Å². The lowest BCUT2D eigenvalue weighted by Crippen LogP contribution is -2.09. The second-order valence-electron chi connectivity index (χ2n) is 5.41. The number of aryl methyl sites for hydroxylation is 1. The molecule has 0 saturated carbocycles. The van der Waals surface area contributed by atoms with E-state index in [0.29, 0.717) is 17.0 Å². The summed E-state index contributed by atoms with van der Waals surface area (Å²) in [4.78, 5) is 11.9. The zero-order chi connectivity index (χ0) is 17.1. The van der Waals surface area contributed by atoms with E-state index in [9.17, 15) is 9.90 Å². The Morgan fingerprint density at radius 1 is 1.26 bits per heavy atom. The van der Waals surface area contributed by atoms with Crippen LogP contribution in [-0.4, -0.2) is 18.2 Å². The molecule has 0 bridgehead atoms. The summed E-state index contributed by atoms with van der Waals surface area (Å²) in [6, 6.07) is 8.92. The van der Waals surface area contributed by atoms with Crippen LogP contribution in [0.1, 0.15) is 38.0 Å². The predicted molar refractivity (Wildman–Crippen MR) is 92.7 cm³/mol. The van der Waals surface area contributed by atoms with Crippen LogP contribution in [0.3, 0.4) is 0 Å². The molecule has 0 aromatic heterocycles. The summed E-state index contributed by atoms with van der Waals surface area (Å²) in [5.74, 6) is -0.632. The first-order valence-electron chi connectivity index (χ1n) is 7.15. The first-order chi connectivity index (χ1) is 10.8. The Balaban J connectivity index is 2.39. The molecule has 0 aliphatic heterocycles. The lowest BCUT2D eigenvalue weighted by atomic mass is 9.92. The topological polar surface area (TPSA) is 46.5 Å². The van der Waals surface area contributed by atoms with E-state index in [0.717, 1.165) is 16.7 Å². The standard InChI is InChI=1S/C18H18Cl2O3/c1-10-8-16(21)17(18(22)23-3)11(2)14(10)9-15(20)12-4-6-13(19)7-5-12/h4-8,15,21H,9H2,1-3H3. The van der Waals surface area contributed by atoms with Crippen molar-refractivity contribution in [1.82, 2.24) is 0 Å². The van der Waals surface area contributed by atoms with Crippen LogP contribution in [0.5, 0.6) is 5.75 Å². The van der Waals surface area contributed by atoms with Gasteiger partial charge in [-0.2, -0.15) is 0 Å². The molecule has 3 nitrogen and oxygen atoms in total. The maximum Gasteiger partial charge on any atom is 0.341 e. The fraction of sp³-hybridized carbons (Fsp3) is 0.278. The number of rotatable bonds is 4. The molecule has 0 aliphatic rings. The van der Waals surface area contributed by atoms with Gasteiger partial charge in [-0.1, -0.05) is 23.7 Å². The Hall–Kier alpha value is -1.71. The Morgan fingerprint density at radius 2 is 1.87 bits per heavy atom. The molecule has 1 unspecified atom stereocenters. The van der Waals surface area contributed by atoms with Crippen LogP contribution in [0.15, 0.2) is 30.3 Å². The second-order valence-corrected chi connectivity index (χ2v) is 6.37. The highest BCUT2D eigenvalue weighted by molar-refractivity contribution is 6.30. The number of hydrogen-bond donors (Lipinski definition) is 1. The van der Waals surface area contributed by atoms with Crippen LogP contribution >= 0.6 is 23.2 Å². The maximum absolute atomic E-state index is 11.9.